The van der Waals surface area contributed by atoms with Crippen molar-refractivity contribution >= 4 is 24.0 Å². The fraction of sp³-hybridized carbons (Fsp3) is 0.533. The van der Waals surface area contributed by atoms with Crippen LogP contribution in [0.15, 0.2) is 24.3 Å². The molecule has 1 N–H and O–H groups in total. The molecule has 128 valence electrons. The van der Waals surface area contributed by atoms with Gasteiger partial charge in [-0.2, -0.15) is 0 Å². The van der Waals surface area contributed by atoms with Crippen molar-refractivity contribution in [2.75, 3.05) is 19.7 Å². The van der Waals surface area contributed by atoms with Gasteiger partial charge < -0.3 is 15.0 Å². The van der Waals surface area contributed by atoms with Crippen molar-refractivity contribution < 1.29 is 14.5 Å². The van der Waals surface area contributed by atoms with Gasteiger partial charge in [-0.3, -0.25) is 14.9 Å². The average Bonchev–Trinajstić information content (AvgIpc) is 2.50. The maximum atomic E-state index is 12.2. The monoisotopic (exact) mass is 343 g/mol. The molecule has 2 atom stereocenters. The molecule has 2 rings (SSSR count). The molecule has 1 heterocycles. The number of piperazine rings is 1. The third-order valence-electron chi connectivity index (χ3n) is 3.99. The van der Waals surface area contributed by atoms with Gasteiger partial charge in [0.2, 0.25) is 5.91 Å². The van der Waals surface area contributed by atoms with Gasteiger partial charge in [0.15, 0.2) is 5.75 Å². The van der Waals surface area contributed by atoms with Gasteiger partial charge in [-0.05, 0) is 19.9 Å². The Morgan fingerprint density at radius 1 is 1.43 bits per heavy atom. The van der Waals surface area contributed by atoms with E-state index in [1.807, 2.05) is 18.7 Å². The minimum atomic E-state index is -0.489. The zero-order chi connectivity index (χ0) is 16.1. The summed E-state index contributed by atoms with van der Waals surface area (Å²) in [5.41, 5.74) is -0.0842. The number of carbonyl (C=O) groups is 1. The molecule has 7 nitrogen and oxygen atoms in total. The fourth-order valence-electron chi connectivity index (χ4n) is 2.53. The van der Waals surface area contributed by atoms with Crippen LogP contribution in [0.2, 0.25) is 0 Å². The van der Waals surface area contributed by atoms with Crippen molar-refractivity contribution in [2.45, 2.75) is 32.4 Å². The summed E-state index contributed by atoms with van der Waals surface area (Å²) in [7, 11) is 0. The lowest BCUT2D eigenvalue weighted by Crippen LogP contribution is -2.57. The van der Waals surface area contributed by atoms with Gasteiger partial charge >= 0.3 is 5.69 Å². The number of para-hydroxylation sites is 2. The second-order valence-corrected chi connectivity index (χ2v) is 5.39. The normalized spacial score (nSPS) is 20.5. The third kappa shape index (κ3) is 4.80. The van der Waals surface area contributed by atoms with Gasteiger partial charge in [0.1, 0.15) is 0 Å². The van der Waals surface area contributed by atoms with E-state index in [4.69, 9.17) is 4.74 Å². The molecule has 23 heavy (non-hydrogen) atoms. The number of halogens is 1. The zero-order valence-corrected chi connectivity index (χ0v) is 14.0. The van der Waals surface area contributed by atoms with Gasteiger partial charge in [0, 0.05) is 31.2 Å². The van der Waals surface area contributed by atoms with Crippen LogP contribution in [0.25, 0.3) is 0 Å². The first-order valence-electron chi connectivity index (χ1n) is 7.39. The molecule has 0 saturated carbocycles. The van der Waals surface area contributed by atoms with Crippen molar-refractivity contribution in [3.63, 3.8) is 0 Å². The van der Waals surface area contributed by atoms with Gasteiger partial charge in [-0.15, -0.1) is 12.4 Å². The lowest BCUT2D eigenvalue weighted by molar-refractivity contribution is -0.385. The van der Waals surface area contributed by atoms with Crippen LogP contribution in [0, 0.1) is 10.1 Å². The Bertz CT molecular complexity index is 555. The van der Waals surface area contributed by atoms with E-state index in [1.54, 1.807) is 12.1 Å². The fourth-order valence-corrected chi connectivity index (χ4v) is 2.53. The van der Waals surface area contributed by atoms with Gasteiger partial charge in [-0.1, -0.05) is 12.1 Å². The number of nitrogens with zero attached hydrogens (tertiary/aromatic N) is 2. The number of ether oxygens (including phenoxy) is 1. The van der Waals surface area contributed by atoms with E-state index in [2.05, 4.69) is 5.32 Å². The van der Waals surface area contributed by atoms with Crippen LogP contribution in [-0.2, 0) is 4.79 Å². The minimum Gasteiger partial charge on any atom is -0.486 e. The third-order valence-corrected chi connectivity index (χ3v) is 3.99. The highest BCUT2D eigenvalue weighted by molar-refractivity contribution is 5.85. The van der Waals surface area contributed by atoms with E-state index in [1.165, 1.54) is 12.1 Å². The Balaban J connectivity index is 0.00000264. The van der Waals surface area contributed by atoms with E-state index in [9.17, 15) is 14.9 Å². The van der Waals surface area contributed by atoms with Crippen LogP contribution in [-0.4, -0.2) is 47.5 Å². The van der Waals surface area contributed by atoms with Crippen molar-refractivity contribution in [1.82, 2.24) is 10.2 Å². The number of hydrogen-bond donors (Lipinski definition) is 1. The van der Waals surface area contributed by atoms with Gasteiger partial charge in [0.05, 0.1) is 18.0 Å². The largest absolute Gasteiger partial charge is 0.486 e. The van der Waals surface area contributed by atoms with Crippen molar-refractivity contribution in [1.29, 1.82) is 0 Å². The molecule has 0 aliphatic carbocycles. The van der Waals surface area contributed by atoms with E-state index < -0.39 is 4.92 Å². The summed E-state index contributed by atoms with van der Waals surface area (Å²) in [6.45, 7) is 5.65. The SMILES string of the molecule is CC1NCCN(C(=O)CCOc2ccccc2[N+](=O)[O-])C1C.Cl. The van der Waals surface area contributed by atoms with Crippen LogP contribution in [0.1, 0.15) is 20.3 Å². The minimum absolute atomic E-state index is 0. The highest BCUT2D eigenvalue weighted by Gasteiger charge is 2.27. The number of hydrogen-bond acceptors (Lipinski definition) is 5. The van der Waals surface area contributed by atoms with Crippen LogP contribution in [0.4, 0.5) is 5.69 Å². The molecule has 1 amide bonds. The van der Waals surface area contributed by atoms with E-state index in [0.29, 0.717) is 6.54 Å². The summed E-state index contributed by atoms with van der Waals surface area (Å²) in [5.74, 6) is 0.210. The van der Waals surface area contributed by atoms with Crippen LogP contribution in [0.5, 0.6) is 5.75 Å². The van der Waals surface area contributed by atoms with Crippen LogP contribution >= 0.6 is 12.4 Å². The Labute approximate surface area is 141 Å². The van der Waals surface area contributed by atoms with Crippen molar-refractivity contribution in [3.8, 4) is 5.75 Å². The highest BCUT2D eigenvalue weighted by Crippen LogP contribution is 2.25. The maximum Gasteiger partial charge on any atom is 0.310 e. The van der Waals surface area contributed by atoms with Crippen molar-refractivity contribution in [3.05, 3.63) is 34.4 Å². The average molecular weight is 344 g/mol. The molecule has 0 radical (unpaired) electrons. The number of amides is 1. The second-order valence-electron chi connectivity index (χ2n) is 5.39. The Morgan fingerprint density at radius 2 is 2.13 bits per heavy atom. The molecule has 0 spiro atoms. The number of nitro benzene ring substituents is 1. The molecule has 1 aromatic carbocycles. The predicted octanol–water partition coefficient (Wildman–Crippen LogP) is 1.99. The number of rotatable bonds is 5. The first-order valence-corrected chi connectivity index (χ1v) is 7.39. The van der Waals surface area contributed by atoms with Crippen molar-refractivity contribution in [2.24, 2.45) is 0 Å². The molecule has 0 aromatic heterocycles. The summed E-state index contributed by atoms with van der Waals surface area (Å²) in [6.07, 6.45) is 0.211. The molecule has 1 aliphatic heterocycles. The summed E-state index contributed by atoms with van der Waals surface area (Å²) in [6, 6.07) is 6.57. The van der Waals surface area contributed by atoms with E-state index >= 15 is 0 Å². The summed E-state index contributed by atoms with van der Waals surface area (Å²) < 4.78 is 5.42. The van der Waals surface area contributed by atoms with Gasteiger partial charge in [0.25, 0.3) is 0 Å². The summed E-state index contributed by atoms with van der Waals surface area (Å²) in [5, 5.41) is 14.2. The molecule has 8 heteroatoms. The molecule has 0 bridgehead atoms. The van der Waals surface area contributed by atoms with Crippen LogP contribution in [0.3, 0.4) is 0 Å². The first kappa shape index (κ1) is 19.2. The topological polar surface area (TPSA) is 84.7 Å². The Hall–Kier alpha value is -1.86. The van der Waals surface area contributed by atoms with E-state index in [-0.39, 0.29) is 54.9 Å². The maximum absolute atomic E-state index is 12.2. The zero-order valence-electron chi connectivity index (χ0n) is 13.2. The number of nitrogens with one attached hydrogen (secondary N) is 1. The number of nitro groups is 1. The molecular weight excluding hydrogens is 322 g/mol. The number of carbonyl (C=O) groups excluding carboxylic acids is 1. The first-order chi connectivity index (χ1) is 10.5. The standard InChI is InChI=1S/C15H21N3O4.ClH/c1-11-12(2)17(9-8-16-11)15(19)7-10-22-14-6-4-3-5-13(14)18(20)21;/h3-6,11-12,16H,7-10H2,1-2H3;1H. The van der Waals surface area contributed by atoms with E-state index in [0.717, 1.165) is 6.54 Å². The Morgan fingerprint density at radius 3 is 2.83 bits per heavy atom. The molecule has 2 unspecified atom stereocenters. The van der Waals surface area contributed by atoms with Gasteiger partial charge in [-0.25, -0.2) is 0 Å². The highest BCUT2D eigenvalue weighted by atomic mass is 35.5. The molecular formula is C15H22ClN3O4. The number of benzene rings is 1. The van der Waals surface area contributed by atoms with Crippen LogP contribution < -0.4 is 10.1 Å². The lowest BCUT2D eigenvalue weighted by Gasteiger charge is -2.38. The molecule has 1 aliphatic rings. The molecule has 1 aromatic rings. The molecule has 1 saturated heterocycles. The summed E-state index contributed by atoms with van der Waals surface area (Å²) in [4.78, 5) is 24.5. The predicted molar refractivity (Wildman–Crippen MR) is 89.1 cm³/mol. The smallest absolute Gasteiger partial charge is 0.310 e. The molecule has 1 fully saturated rings. The quantitative estimate of drug-likeness (QED) is 0.653. The summed E-state index contributed by atoms with van der Waals surface area (Å²) >= 11 is 0. The lowest BCUT2D eigenvalue weighted by atomic mass is 10.1. The second kappa shape index (κ2) is 8.69. The Kier molecular flexibility index (Phi) is 7.25.